The summed E-state index contributed by atoms with van der Waals surface area (Å²) in [6.07, 6.45) is 3.64. The van der Waals surface area contributed by atoms with E-state index in [1.165, 1.54) is 14.0 Å². The van der Waals surface area contributed by atoms with Gasteiger partial charge in [0.05, 0.1) is 18.7 Å². The van der Waals surface area contributed by atoms with Crippen LogP contribution in [-0.2, 0) is 4.79 Å². The van der Waals surface area contributed by atoms with Gasteiger partial charge < -0.3 is 14.4 Å². The summed E-state index contributed by atoms with van der Waals surface area (Å²) >= 11 is 0. The first-order valence-corrected chi connectivity index (χ1v) is 6.86. The number of aliphatic imine (C=N–C) groups is 1. The van der Waals surface area contributed by atoms with Crippen LogP contribution in [-0.4, -0.2) is 42.7 Å². The zero-order valence-electron chi connectivity index (χ0n) is 12.0. The Morgan fingerprint density at radius 1 is 1.43 bits per heavy atom. The van der Waals surface area contributed by atoms with Crippen LogP contribution in [0.3, 0.4) is 0 Å². The molecule has 2 heterocycles. The molecule has 0 aliphatic carbocycles. The van der Waals surface area contributed by atoms with E-state index in [9.17, 15) is 9.59 Å². The first-order valence-electron chi connectivity index (χ1n) is 6.86. The molecule has 1 saturated heterocycles. The Labute approximate surface area is 122 Å². The number of fused-ring (bicyclic) bond motifs is 2. The average molecular weight is 288 g/mol. The number of carbonyl (C=O) groups excluding carboxylic acids is 2. The molecule has 1 fully saturated rings. The van der Waals surface area contributed by atoms with E-state index in [0.717, 1.165) is 19.4 Å². The molecule has 2 aliphatic rings. The van der Waals surface area contributed by atoms with Gasteiger partial charge in [0, 0.05) is 19.7 Å². The molecule has 1 amide bonds. The number of hydrogen-bond acceptors (Lipinski definition) is 5. The maximum atomic E-state index is 12.6. The Bertz CT molecular complexity index is 639. The molecule has 2 aliphatic heterocycles. The van der Waals surface area contributed by atoms with Crippen molar-refractivity contribution in [3.8, 4) is 11.5 Å². The van der Waals surface area contributed by atoms with Crippen LogP contribution in [0.1, 0.15) is 30.1 Å². The smallest absolute Gasteiger partial charge is 0.308 e. The second-order valence-electron chi connectivity index (χ2n) is 5.07. The van der Waals surface area contributed by atoms with E-state index < -0.39 is 5.97 Å². The molecule has 1 atom stereocenters. The number of methoxy groups -OCH3 is 1. The first kappa shape index (κ1) is 13.6. The number of benzene rings is 1. The van der Waals surface area contributed by atoms with Gasteiger partial charge >= 0.3 is 5.97 Å². The fourth-order valence-electron chi connectivity index (χ4n) is 2.77. The lowest BCUT2D eigenvalue weighted by atomic mass is 10.1. The normalized spacial score (nSPS) is 19.8. The predicted molar refractivity (Wildman–Crippen MR) is 76.5 cm³/mol. The summed E-state index contributed by atoms with van der Waals surface area (Å²) in [5.74, 6) is 0.0272. The SMILES string of the molecule is COc1ccc2c(c1OC(C)=O)N=CC1CCCN1C2=O. The fourth-order valence-corrected chi connectivity index (χ4v) is 2.77. The lowest BCUT2D eigenvalue weighted by Gasteiger charge is -2.20. The van der Waals surface area contributed by atoms with Crippen LogP contribution in [0.15, 0.2) is 17.1 Å². The van der Waals surface area contributed by atoms with Crippen LogP contribution in [0.4, 0.5) is 5.69 Å². The molecule has 3 rings (SSSR count). The summed E-state index contributed by atoms with van der Waals surface area (Å²) in [5, 5.41) is 0. The number of esters is 1. The van der Waals surface area contributed by atoms with E-state index in [4.69, 9.17) is 9.47 Å². The van der Waals surface area contributed by atoms with Crippen molar-refractivity contribution in [1.82, 2.24) is 4.90 Å². The minimum Gasteiger partial charge on any atom is -0.493 e. The number of amides is 1. The lowest BCUT2D eigenvalue weighted by molar-refractivity contribution is -0.131. The van der Waals surface area contributed by atoms with Crippen molar-refractivity contribution in [1.29, 1.82) is 0 Å². The Balaban J connectivity index is 2.15. The maximum Gasteiger partial charge on any atom is 0.308 e. The van der Waals surface area contributed by atoms with Crippen LogP contribution in [0.2, 0.25) is 0 Å². The number of carbonyl (C=O) groups is 2. The standard InChI is InChI=1S/C15H16N2O4/c1-9(18)21-14-12(20-2)6-5-11-13(14)16-8-10-4-3-7-17(10)15(11)19/h5-6,8,10H,3-4,7H2,1-2H3. The lowest BCUT2D eigenvalue weighted by Crippen LogP contribution is -2.35. The molecule has 6 heteroatoms. The van der Waals surface area contributed by atoms with E-state index in [0.29, 0.717) is 17.0 Å². The van der Waals surface area contributed by atoms with E-state index >= 15 is 0 Å². The highest BCUT2D eigenvalue weighted by atomic mass is 16.6. The summed E-state index contributed by atoms with van der Waals surface area (Å²) in [6.45, 7) is 2.03. The highest BCUT2D eigenvalue weighted by molar-refractivity contribution is 6.04. The second kappa shape index (κ2) is 5.20. The zero-order chi connectivity index (χ0) is 15.0. The number of ether oxygens (including phenoxy) is 2. The van der Waals surface area contributed by atoms with Gasteiger partial charge in [-0.2, -0.15) is 0 Å². The van der Waals surface area contributed by atoms with Crippen molar-refractivity contribution in [3.63, 3.8) is 0 Å². The molecule has 0 bridgehead atoms. The third kappa shape index (κ3) is 2.26. The molecule has 1 aromatic rings. The van der Waals surface area contributed by atoms with Gasteiger partial charge in [0.1, 0.15) is 5.69 Å². The monoisotopic (exact) mass is 288 g/mol. The molecular weight excluding hydrogens is 272 g/mol. The number of rotatable bonds is 2. The molecule has 0 aromatic heterocycles. The van der Waals surface area contributed by atoms with Gasteiger partial charge in [-0.25, -0.2) is 0 Å². The number of nitrogens with zero attached hydrogens (tertiary/aromatic N) is 2. The summed E-state index contributed by atoms with van der Waals surface area (Å²) in [7, 11) is 1.48. The van der Waals surface area contributed by atoms with Crippen molar-refractivity contribution in [3.05, 3.63) is 17.7 Å². The summed E-state index contributed by atoms with van der Waals surface area (Å²) in [5.41, 5.74) is 0.802. The Morgan fingerprint density at radius 3 is 2.95 bits per heavy atom. The van der Waals surface area contributed by atoms with Crippen LogP contribution >= 0.6 is 0 Å². The molecular formula is C15H16N2O4. The third-order valence-corrected chi connectivity index (χ3v) is 3.73. The molecule has 21 heavy (non-hydrogen) atoms. The highest BCUT2D eigenvalue weighted by Gasteiger charge is 2.33. The van der Waals surface area contributed by atoms with E-state index in [1.54, 1.807) is 23.2 Å². The van der Waals surface area contributed by atoms with Gasteiger partial charge in [-0.3, -0.25) is 14.6 Å². The molecule has 0 spiro atoms. The Hall–Kier alpha value is -2.37. The summed E-state index contributed by atoms with van der Waals surface area (Å²) in [6, 6.07) is 3.31. The van der Waals surface area contributed by atoms with E-state index in [-0.39, 0.29) is 17.7 Å². The predicted octanol–water partition coefficient (Wildman–Crippen LogP) is 1.94. The molecule has 0 N–H and O–H groups in total. The topological polar surface area (TPSA) is 68.2 Å². The second-order valence-corrected chi connectivity index (χ2v) is 5.07. The Morgan fingerprint density at radius 2 is 2.24 bits per heavy atom. The Kier molecular flexibility index (Phi) is 3.37. The molecule has 110 valence electrons. The molecule has 0 saturated carbocycles. The maximum absolute atomic E-state index is 12.6. The zero-order valence-corrected chi connectivity index (χ0v) is 12.0. The van der Waals surface area contributed by atoms with Crippen molar-refractivity contribution in [2.24, 2.45) is 4.99 Å². The van der Waals surface area contributed by atoms with Gasteiger partial charge in [-0.1, -0.05) is 0 Å². The summed E-state index contributed by atoms with van der Waals surface area (Å²) < 4.78 is 10.4. The third-order valence-electron chi connectivity index (χ3n) is 3.73. The van der Waals surface area contributed by atoms with Crippen molar-refractivity contribution in [2.75, 3.05) is 13.7 Å². The first-order chi connectivity index (χ1) is 10.1. The number of hydrogen-bond donors (Lipinski definition) is 0. The largest absolute Gasteiger partial charge is 0.493 e. The fraction of sp³-hybridized carbons (Fsp3) is 0.400. The molecule has 0 radical (unpaired) electrons. The quantitative estimate of drug-likeness (QED) is 0.616. The van der Waals surface area contributed by atoms with Crippen LogP contribution in [0.5, 0.6) is 11.5 Å². The van der Waals surface area contributed by atoms with E-state index in [2.05, 4.69) is 4.99 Å². The van der Waals surface area contributed by atoms with Crippen LogP contribution in [0.25, 0.3) is 0 Å². The molecule has 1 unspecified atom stereocenters. The minimum absolute atomic E-state index is 0.0149. The van der Waals surface area contributed by atoms with Crippen molar-refractivity contribution in [2.45, 2.75) is 25.8 Å². The minimum atomic E-state index is -0.478. The van der Waals surface area contributed by atoms with Crippen molar-refractivity contribution < 1.29 is 19.1 Å². The van der Waals surface area contributed by atoms with Gasteiger partial charge in [0.2, 0.25) is 0 Å². The highest BCUT2D eigenvalue weighted by Crippen LogP contribution is 2.42. The molecule has 6 nitrogen and oxygen atoms in total. The van der Waals surface area contributed by atoms with E-state index in [1.807, 2.05) is 0 Å². The van der Waals surface area contributed by atoms with Crippen LogP contribution < -0.4 is 9.47 Å². The van der Waals surface area contributed by atoms with Crippen molar-refractivity contribution >= 4 is 23.8 Å². The summed E-state index contributed by atoms with van der Waals surface area (Å²) in [4.78, 5) is 30.1. The average Bonchev–Trinajstić information content (AvgIpc) is 2.87. The van der Waals surface area contributed by atoms with Crippen LogP contribution in [0, 0.1) is 0 Å². The van der Waals surface area contributed by atoms with Gasteiger partial charge in [0.15, 0.2) is 11.5 Å². The van der Waals surface area contributed by atoms with Gasteiger partial charge in [-0.15, -0.1) is 0 Å². The molecule has 1 aromatic carbocycles. The van der Waals surface area contributed by atoms with Gasteiger partial charge in [-0.05, 0) is 25.0 Å². The van der Waals surface area contributed by atoms with Gasteiger partial charge in [0.25, 0.3) is 5.91 Å².